The zero-order valence-electron chi connectivity index (χ0n) is 13.0. The fourth-order valence-corrected chi connectivity index (χ4v) is 2.67. The third-order valence-corrected chi connectivity index (χ3v) is 4.19. The summed E-state index contributed by atoms with van der Waals surface area (Å²) in [7, 11) is 0. The van der Waals surface area contributed by atoms with Gasteiger partial charge in [-0.3, -0.25) is 4.79 Å². The van der Waals surface area contributed by atoms with E-state index in [9.17, 15) is 4.79 Å². The zero-order chi connectivity index (χ0) is 16.7. The lowest BCUT2D eigenvalue weighted by Crippen LogP contribution is -2.36. The molecule has 5 heteroatoms. The van der Waals surface area contributed by atoms with E-state index in [4.69, 9.17) is 23.2 Å². The maximum absolute atomic E-state index is 11.9. The van der Waals surface area contributed by atoms with Crippen LogP contribution in [0.1, 0.15) is 24.1 Å². The van der Waals surface area contributed by atoms with Crippen molar-refractivity contribution in [2.75, 3.05) is 13.1 Å². The number of amides is 1. The van der Waals surface area contributed by atoms with Gasteiger partial charge in [0, 0.05) is 22.6 Å². The maximum Gasteiger partial charge on any atom is 0.233 e. The van der Waals surface area contributed by atoms with Crippen LogP contribution in [0.4, 0.5) is 0 Å². The molecule has 0 fully saturated rings. The normalized spacial score (nSPS) is 12.0. The summed E-state index contributed by atoms with van der Waals surface area (Å²) in [5, 5.41) is 7.50. The highest BCUT2D eigenvalue weighted by molar-refractivity contribution is 6.31. The Morgan fingerprint density at radius 2 is 1.78 bits per heavy atom. The average molecular weight is 351 g/mol. The van der Waals surface area contributed by atoms with E-state index in [0.717, 1.165) is 22.6 Å². The Morgan fingerprint density at radius 3 is 2.48 bits per heavy atom. The van der Waals surface area contributed by atoms with E-state index in [2.05, 4.69) is 10.6 Å². The fourth-order valence-electron chi connectivity index (χ4n) is 2.24. The van der Waals surface area contributed by atoms with Gasteiger partial charge in [-0.05, 0) is 42.7 Å². The van der Waals surface area contributed by atoms with Crippen LogP contribution >= 0.6 is 23.2 Å². The topological polar surface area (TPSA) is 41.1 Å². The molecular weight excluding hydrogens is 331 g/mol. The molecule has 0 spiro atoms. The lowest BCUT2D eigenvalue weighted by Gasteiger charge is -2.15. The lowest BCUT2D eigenvalue weighted by atomic mass is 10.1. The van der Waals surface area contributed by atoms with Crippen LogP contribution in [0.25, 0.3) is 0 Å². The minimum Gasteiger partial charge on any atom is -0.355 e. The van der Waals surface area contributed by atoms with Crippen molar-refractivity contribution < 1.29 is 4.79 Å². The SMILES string of the molecule is C[C@H](NCC(=O)NCCc1ccc(Cl)cc1)c1ccccc1Cl. The molecule has 122 valence electrons. The van der Waals surface area contributed by atoms with Crippen molar-refractivity contribution in [2.45, 2.75) is 19.4 Å². The second-order valence-corrected chi connectivity index (χ2v) is 6.19. The molecule has 2 rings (SSSR count). The van der Waals surface area contributed by atoms with Crippen LogP contribution in [0.2, 0.25) is 10.0 Å². The number of benzene rings is 2. The van der Waals surface area contributed by atoms with Crippen LogP contribution in [-0.4, -0.2) is 19.0 Å². The first-order chi connectivity index (χ1) is 11.1. The molecular formula is C18H20Cl2N2O. The van der Waals surface area contributed by atoms with Gasteiger partial charge in [-0.2, -0.15) is 0 Å². The number of hydrogen-bond donors (Lipinski definition) is 2. The predicted molar refractivity (Wildman–Crippen MR) is 96.0 cm³/mol. The highest BCUT2D eigenvalue weighted by Gasteiger charge is 2.10. The number of hydrogen-bond acceptors (Lipinski definition) is 2. The van der Waals surface area contributed by atoms with E-state index < -0.39 is 0 Å². The van der Waals surface area contributed by atoms with Crippen LogP contribution in [0, 0.1) is 0 Å². The molecule has 0 radical (unpaired) electrons. The lowest BCUT2D eigenvalue weighted by molar-refractivity contribution is -0.120. The first-order valence-corrected chi connectivity index (χ1v) is 8.31. The Balaban J connectivity index is 1.71. The van der Waals surface area contributed by atoms with E-state index in [-0.39, 0.29) is 18.5 Å². The molecule has 0 bridgehead atoms. The standard InChI is InChI=1S/C18H20Cl2N2O/c1-13(16-4-2-3-5-17(16)20)22-12-18(23)21-11-10-14-6-8-15(19)9-7-14/h2-9,13,22H,10-12H2,1H3,(H,21,23)/t13-/m0/s1. The van der Waals surface area contributed by atoms with Crippen molar-refractivity contribution in [3.8, 4) is 0 Å². The van der Waals surface area contributed by atoms with E-state index in [1.165, 1.54) is 0 Å². The van der Waals surface area contributed by atoms with Gasteiger partial charge in [-0.1, -0.05) is 53.5 Å². The molecule has 0 aliphatic carbocycles. The van der Waals surface area contributed by atoms with Crippen molar-refractivity contribution in [1.29, 1.82) is 0 Å². The van der Waals surface area contributed by atoms with Gasteiger partial charge >= 0.3 is 0 Å². The van der Waals surface area contributed by atoms with E-state index in [0.29, 0.717) is 11.6 Å². The number of carbonyl (C=O) groups excluding carboxylic acids is 1. The van der Waals surface area contributed by atoms with E-state index in [1.807, 2.05) is 55.5 Å². The second kappa shape index (κ2) is 8.92. The van der Waals surface area contributed by atoms with Gasteiger partial charge in [-0.25, -0.2) is 0 Å². The highest BCUT2D eigenvalue weighted by Crippen LogP contribution is 2.21. The Hall–Kier alpha value is -1.55. The quantitative estimate of drug-likeness (QED) is 0.792. The molecule has 3 nitrogen and oxygen atoms in total. The summed E-state index contributed by atoms with van der Waals surface area (Å²) >= 11 is 12.0. The Kier molecular flexibility index (Phi) is 6.90. The molecule has 1 amide bonds. The largest absolute Gasteiger partial charge is 0.355 e. The van der Waals surface area contributed by atoms with Crippen molar-refractivity contribution in [2.24, 2.45) is 0 Å². The molecule has 1 atom stereocenters. The molecule has 0 saturated heterocycles. The first kappa shape index (κ1) is 17.8. The smallest absolute Gasteiger partial charge is 0.233 e. The van der Waals surface area contributed by atoms with Crippen molar-refractivity contribution >= 4 is 29.1 Å². The molecule has 0 aliphatic rings. The minimum atomic E-state index is -0.0298. The summed E-state index contributed by atoms with van der Waals surface area (Å²) in [6.07, 6.45) is 0.781. The third kappa shape index (κ3) is 5.87. The van der Waals surface area contributed by atoms with Gasteiger partial charge in [0.25, 0.3) is 0 Å². The Labute approximate surface area is 147 Å². The summed E-state index contributed by atoms with van der Waals surface area (Å²) in [5.74, 6) is -0.0298. The average Bonchev–Trinajstić information content (AvgIpc) is 2.55. The summed E-state index contributed by atoms with van der Waals surface area (Å²) in [4.78, 5) is 11.9. The molecule has 0 aromatic heterocycles. The molecule has 2 N–H and O–H groups in total. The maximum atomic E-state index is 11.9. The Bertz CT molecular complexity index is 644. The Morgan fingerprint density at radius 1 is 1.09 bits per heavy atom. The minimum absolute atomic E-state index is 0.0192. The molecule has 0 unspecified atom stereocenters. The first-order valence-electron chi connectivity index (χ1n) is 7.55. The number of rotatable bonds is 7. The van der Waals surface area contributed by atoms with Crippen molar-refractivity contribution in [1.82, 2.24) is 10.6 Å². The summed E-state index contributed by atoms with van der Waals surface area (Å²) in [6, 6.07) is 15.3. The van der Waals surface area contributed by atoms with Crippen LogP contribution in [-0.2, 0) is 11.2 Å². The van der Waals surface area contributed by atoms with E-state index in [1.54, 1.807) is 0 Å². The molecule has 2 aromatic rings. The molecule has 0 saturated carbocycles. The predicted octanol–water partition coefficient (Wildman–Crippen LogP) is 4.00. The van der Waals surface area contributed by atoms with Gasteiger partial charge < -0.3 is 10.6 Å². The van der Waals surface area contributed by atoms with Gasteiger partial charge in [0.1, 0.15) is 0 Å². The number of halogens is 2. The zero-order valence-corrected chi connectivity index (χ0v) is 14.5. The van der Waals surface area contributed by atoms with E-state index >= 15 is 0 Å². The van der Waals surface area contributed by atoms with Crippen molar-refractivity contribution in [3.63, 3.8) is 0 Å². The van der Waals surface area contributed by atoms with Crippen LogP contribution in [0.5, 0.6) is 0 Å². The van der Waals surface area contributed by atoms with Crippen LogP contribution < -0.4 is 10.6 Å². The molecule has 0 aliphatic heterocycles. The second-order valence-electron chi connectivity index (χ2n) is 5.35. The van der Waals surface area contributed by atoms with Gasteiger partial charge in [0.05, 0.1) is 6.54 Å². The molecule has 23 heavy (non-hydrogen) atoms. The summed E-state index contributed by atoms with van der Waals surface area (Å²) < 4.78 is 0. The summed E-state index contributed by atoms with van der Waals surface area (Å²) in [6.45, 7) is 2.85. The number of carbonyl (C=O) groups is 1. The van der Waals surface area contributed by atoms with Crippen molar-refractivity contribution in [3.05, 3.63) is 69.7 Å². The van der Waals surface area contributed by atoms with Gasteiger partial charge in [0.2, 0.25) is 5.91 Å². The fraction of sp³-hybridized carbons (Fsp3) is 0.278. The molecule has 0 heterocycles. The third-order valence-electron chi connectivity index (χ3n) is 3.59. The summed E-state index contributed by atoms with van der Waals surface area (Å²) in [5.41, 5.74) is 2.13. The van der Waals surface area contributed by atoms with Crippen LogP contribution in [0.15, 0.2) is 48.5 Å². The van der Waals surface area contributed by atoms with Gasteiger partial charge in [-0.15, -0.1) is 0 Å². The highest BCUT2D eigenvalue weighted by atomic mass is 35.5. The van der Waals surface area contributed by atoms with Crippen LogP contribution in [0.3, 0.4) is 0 Å². The van der Waals surface area contributed by atoms with Gasteiger partial charge in [0.15, 0.2) is 0 Å². The number of nitrogens with one attached hydrogen (secondary N) is 2. The molecule has 2 aromatic carbocycles. The monoisotopic (exact) mass is 350 g/mol.